The highest BCUT2D eigenvalue weighted by Gasteiger charge is 2.37. The number of hydrogen-bond acceptors (Lipinski definition) is 1. The maximum atomic E-state index is 2.44. The Hall–Kier alpha value is -5.92. The zero-order chi connectivity index (χ0) is 32.2. The average molecular weight is 614 g/mol. The van der Waals surface area contributed by atoms with Crippen molar-refractivity contribution in [2.45, 2.75) is 19.3 Å². The lowest BCUT2D eigenvalue weighted by Gasteiger charge is -2.29. The SMILES string of the molecule is CC1(C)c2ccccc2-c2c(N(c3ccc(-c4ccc(-c5ccc6ccccc6c5)cc4)cc3)c3ccc4ccccc4c3)cccc21. The maximum absolute atomic E-state index is 2.44. The predicted octanol–water partition coefficient (Wildman–Crippen LogP) is 13.1. The van der Waals surface area contributed by atoms with E-state index in [9.17, 15) is 0 Å². The second-order valence-corrected chi connectivity index (χ2v) is 13.4. The van der Waals surface area contributed by atoms with E-state index in [1.54, 1.807) is 0 Å². The van der Waals surface area contributed by atoms with Crippen LogP contribution < -0.4 is 4.90 Å². The van der Waals surface area contributed by atoms with Crippen molar-refractivity contribution >= 4 is 38.6 Å². The van der Waals surface area contributed by atoms with Crippen LogP contribution in [0.1, 0.15) is 25.0 Å². The fourth-order valence-corrected chi connectivity index (χ4v) is 7.69. The van der Waals surface area contributed by atoms with Crippen LogP contribution in [0.2, 0.25) is 0 Å². The van der Waals surface area contributed by atoms with Crippen LogP contribution in [0.15, 0.2) is 176 Å². The normalized spacial score (nSPS) is 13.0. The van der Waals surface area contributed by atoms with Crippen LogP contribution in [0.5, 0.6) is 0 Å². The number of hydrogen-bond donors (Lipinski definition) is 0. The fraction of sp³-hybridized carbons (Fsp3) is 0.0638. The molecule has 0 aromatic heterocycles. The van der Waals surface area contributed by atoms with Gasteiger partial charge in [0.1, 0.15) is 0 Å². The van der Waals surface area contributed by atoms with E-state index in [1.807, 2.05) is 0 Å². The molecule has 0 radical (unpaired) electrons. The third-order valence-corrected chi connectivity index (χ3v) is 10.2. The fourth-order valence-electron chi connectivity index (χ4n) is 7.69. The molecule has 1 heteroatoms. The van der Waals surface area contributed by atoms with Gasteiger partial charge in [-0.15, -0.1) is 0 Å². The van der Waals surface area contributed by atoms with E-state index >= 15 is 0 Å². The Balaban J connectivity index is 1.13. The summed E-state index contributed by atoms with van der Waals surface area (Å²) in [4.78, 5) is 2.44. The number of nitrogens with zero attached hydrogens (tertiary/aromatic N) is 1. The molecule has 8 aromatic carbocycles. The van der Waals surface area contributed by atoms with Gasteiger partial charge in [-0.2, -0.15) is 0 Å². The lowest BCUT2D eigenvalue weighted by atomic mass is 9.82. The molecule has 0 heterocycles. The lowest BCUT2D eigenvalue weighted by Crippen LogP contribution is -2.16. The summed E-state index contributed by atoms with van der Waals surface area (Å²) >= 11 is 0. The smallest absolute Gasteiger partial charge is 0.0543 e. The highest BCUT2D eigenvalue weighted by atomic mass is 15.1. The Labute approximate surface area is 282 Å². The first kappa shape index (κ1) is 28.3. The number of fused-ring (bicyclic) bond motifs is 5. The van der Waals surface area contributed by atoms with Crippen molar-refractivity contribution in [3.8, 4) is 33.4 Å². The number of rotatable bonds is 5. The van der Waals surface area contributed by atoms with Crippen LogP contribution in [0, 0.1) is 0 Å². The molecule has 1 aliphatic carbocycles. The molecule has 0 bridgehead atoms. The van der Waals surface area contributed by atoms with Gasteiger partial charge in [-0.3, -0.25) is 0 Å². The molecule has 1 nitrogen and oxygen atoms in total. The average Bonchev–Trinajstić information content (AvgIpc) is 3.38. The zero-order valence-corrected chi connectivity index (χ0v) is 27.2. The highest BCUT2D eigenvalue weighted by Crippen LogP contribution is 2.54. The molecule has 228 valence electrons. The molecule has 1 aliphatic rings. The summed E-state index contributed by atoms with van der Waals surface area (Å²) in [6.07, 6.45) is 0. The summed E-state index contributed by atoms with van der Waals surface area (Å²) in [5.74, 6) is 0. The van der Waals surface area contributed by atoms with Gasteiger partial charge in [0.25, 0.3) is 0 Å². The van der Waals surface area contributed by atoms with Crippen molar-refractivity contribution < 1.29 is 0 Å². The molecule has 0 N–H and O–H groups in total. The molecule has 0 aliphatic heterocycles. The minimum Gasteiger partial charge on any atom is -0.310 e. The first-order valence-electron chi connectivity index (χ1n) is 16.8. The van der Waals surface area contributed by atoms with E-state index in [2.05, 4.69) is 195 Å². The van der Waals surface area contributed by atoms with Crippen LogP contribution in [0.3, 0.4) is 0 Å². The van der Waals surface area contributed by atoms with E-state index in [0.717, 1.165) is 11.4 Å². The van der Waals surface area contributed by atoms with Crippen molar-refractivity contribution in [2.75, 3.05) is 4.90 Å². The molecule has 0 amide bonds. The highest BCUT2D eigenvalue weighted by molar-refractivity contribution is 5.97. The van der Waals surface area contributed by atoms with Crippen LogP contribution in [0.4, 0.5) is 17.1 Å². The maximum Gasteiger partial charge on any atom is 0.0543 e. The summed E-state index contributed by atoms with van der Waals surface area (Å²) in [6, 6.07) is 64.4. The first-order chi connectivity index (χ1) is 23.5. The Morgan fingerprint density at radius 2 is 0.875 bits per heavy atom. The van der Waals surface area contributed by atoms with E-state index in [-0.39, 0.29) is 5.41 Å². The quantitative estimate of drug-likeness (QED) is 0.187. The molecule has 0 saturated carbocycles. The van der Waals surface area contributed by atoms with Gasteiger partial charge in [0, 0.05) is 22.4 Å². The molecule has 0 atom stereocenters. The monoisotopic (exact) mass is 613 g/mol. The summed E-state index contributed by atoms with van der Waals surface area (Å²) < 4.78 is 0. The van der Waals surface area contributed by atoms with Gasteiger partial charge in [0.05, 0.1) is 5.69 Å². The van der Waals surface area contributed by atoms with Gasteiger partial charge in [0.2, 0.25) is 0 Å². The first-order valence-corrected chi connectivity index (χ1v) is 16.8. The Morgan fingerprint density at radius 1 is 0.375 bits per heavy atom. The van der Waals surface area contributed by atoms with Gasteiger partial charge in [-0.25, -0.2) is 0 Å². The molecule has 0 saturated heterocycles. The van der Waals surface area contributed by atoms with Crippen LogP contribution in [0.25, 0.3) is 54.9 Å². The summed E-state index contributed by atoms with van der Waals surface area (Å²) in [5, 5.41) is 5.01. The molecule has 0 unspecified atom stereocenters. The summed E-state index contributed by atoms with van der Waals surface area (Å²) in [7, 11) is 0. The summed E-state index contributed by atoms with van der Waals surface area (Å²) in [6.45, 7) is 4.70. The third kappa shape index (κ3) is 4.62. The van der Waals surface area contributed by atoms with Gasteiger partial charge in [0.15, 0.2) is 0 Å². The minimum atomic E-state index is -0.0696. The second-order valence-electron chi connectivity index (χ2n) is 13.4. The van der Waals surface area contributed by atoms with E-state index in [0.29, 0.717) is 0 Å². The van der Waals surface area contributed by atoms with E-state index in [1.165, 1.54) is 71.7 Å². The van der Waals surface area contributed by atoms with Gasteiger partial charge in [-0.05, 0) is 96.9 Å². The molecule has 9 rings (SSSR count). The predicted molar refractivity (Wildman–Crippen MR) is 205 cm³/mol. The summed E-state index contributed by atoms with van der Waals surface area (Å²) in [5.41, 5.74) is 13.7. The van der Waals surface area contributed by atoms with Crippen LogP contribution in [-0.4, -0.2) is 0 Å². The Kier molecular flexibility index (Phi) is 6.55. The second kappa shape index (κ2) is 11.1. The molecule has 48 heavy (non-hydrogen) atoms. The van der Waals surface area contributed by atoms with Crippen molar-refractivity contribution in [1.29, 1.82) is 0 Å². The third-order valence-electron chi connectivity index (χ3n) is 10.2. The largest absolute Gasteiger partial charge is 0.310 e. The van der Waals surface area contributed by atoms with Gasteiger partial charge < -0.3 is 4.90 Å². The van der Waals surface area contributed by atoms with E-state index < -0.39 is 0 Å². The van der Waals surface area contributed by atoms with Crippen molar-refractivity contribution in [3.05, 3.63) is 187 Å². The van der Waals surface area contributed by atoms with Gasteiger partial charge in [-0.1, -0.05) is 153 Å². The standard InChI is InChI=1S/C47H35N/c1-47(2)43-15-8-7-14-42(43)46-44(47)16-9-17-45(46)48(41-29-26-33-11-4-6-13-38(33)31-41)40-27-24-35(25-28-40)34-18-20-36(21-19-34)39-23-22-32-10-3-5-12-37(32)30-39/h3-31H,1-2H3. The van der Waals surface area contributed by atoms with Crippen molar-refractivity contribution in [3.63, 3.8) is 0 Å². The minimum absolute atomic E-state index is 0.0696. The van der Waals surface area contributed by atoms with Crippen LogP contribution in [-0.2, 0) is 5.41 Å². The molecular weight excluding hydrogens is 579 g/mol. The number of benzene rings is 8. The molecule has 8 aromatic rings. The van der Waals surface area contributed by atoms with E-state index in [4.69, 9.17) is 0 Å². The molecule has 0 fully saturated rings. The van der Waals surface area contributed by atoms with Crippen molar-refractivity contribution in [2.24, 2.45) is 0 Å². The Morgan fingerprint density at radius 3 is 1.58 bits per heavy atom. The van der Waals surface area contributed by atoms with Crippen LogP contribution >= 0.6 is 0 Å². The van der Waals surface area contributed by atoms with Crippen molar-refractivity contribution in [1.82, 2.24) is 0 Å². The molecule has 0 spiro atoms. The number of anilines is 3. The topological polar surface area (TPSA) is 3.24 Å². The zero-order valence-electron chi connectivity index (χ0n) is 27.2. The van der Waals surface area contributed by atoms with Gasteiger partial charge >= 0.3 is 0 Å². The molecular formula is C47H35N. The Bertz CT molecular complexity index is 2470. The lowest BCUT2D eigenvalue weighted by molar-refractivity contribution is 0.660.